The SMILES string of the molecule is Cc1cccc(C2=NC(=Cc3ccc([N+](=O)[O-])cc3)C(=O)N2c2cc(Cl)ccc2C)c1. The molecule has 0 unspecified atom stereocenters. The van der Waals surface area contributed by atoms with Crippen LogP contribution < -0.4 is 4.90 Å². The molecule has 1 aliphatic rings. The van der Waals surface area contributed by atoms with E-state index in [-0.39, 0.29) is 17.3 Å². The zero-order valence-corrected chi connectivity index (χ0v) is 17.6. The number of carbonyl (C=O) groups is 1. The van der Waals surface area contributed by atoms with Gasteiger partial charge < -0.3 is 0 Å². The van der Waals surface area contributed by atoms with E-state index in [2.05, 4.69) is 4.99 Å². The van der Waals surface area contributed by atoms with Crippen molar-refractivity contribution in [2.45, 2.75) is 13.8 Å². The van der Waals surface area contributed by atoms with Crippen LogP contribution in [-0.2, 0) is 4.79 Å². The van der Waals surface area contributed by atoms with Gasteiger partial charge in [0.05, 0.1) is 10.6 Å². The van der Waals surface area contributed by atoms with Gasteiger partial charge in [-0.25, -0.2) is 4.99 Å². The van der Waals surface area contributed by atoms with Gasteiger partial charge in [0.25, 0.3) is 11.6 Å². The third-order valence-corrected chi connectivity index (χ3v) is 5.19. The molecule has 0 fully saturated rings. The van der Waals surface area contributed by atoms with Gasteiger partial charge in [-0.15, -0.1) is 0 Å². The van der Waals surface area contributed by atoms with Crippen LogP contribution in [0.5, 0.6) is 0 Å². The molecule has 0 saturated carbocycles. The number of nitrogens with zero attached hydrogens (tertiary/aromatic N) is 3. The summed E-state index contributed by atoms with van der Waals surface area (Å²) in [5.74, 6) is 0.215. The molecule has 1 heterocycles. The van der Waals surface area contributed by atoms with Gasteiger partial charge in [-0.1, -0.05) is 41.4 Å². The summed E-state index contributed by atoms with van der Waals surface area (Å²) in [6, 6.07) is 19.1. The molecular formula is C24H18ClN3O3. The third-order valence-electron chi connectivity index (χ3n) is 4.96. The van der Waals surface area contributed by atoms with E-state index >= 15 is 0 Å². The number of amides is 1. The summed E-state index contributed by atoms with van der Waals surface area (Å²) in [6.07, 6.45) is 1.63. The first kappa shape index (κ1) is 20.5. The van der Waals surface area contributed by atoms with Crippen LogP contribution in [-0.4, -0.2) is 16.7 Å². The number of aryl methyl sites for hydroxylation is 2. The number of rotatable bonds is 4. The summed E-state index contributed by atoms with van der Waals surface area (Å²) >= 11 is 6.22. The lowest BCUT2D eigenvalue weighted by Gasteiger charge is -2.21. The van der Waals surface area contributed by atoms with Crippen molar-refractivity contribution in [1.82, 2.24) is 0 Å². The molecule has 1 aliphatic heterocycles. The number of nitro benzene ring substituents is 1. The van der Waals surface area contributed by atoms with Crippen LogP contribution in [0.1, 0.15) is 22.3 Å². The highest BCUT2D eigenvalue weighted by Gasteiger charge is 2.33. The highest BCUT2D eigenvalue weighted by molar-refractivity contribution is 6.35. The fourth-order valence-electron chi connectivity index (χ4n) is 3.39. The van der Waals surface area contributed by atoms with Gasteiger partial charge in [-0.05, 0) is 61.4 Å². The van der Waals surface area contributed by atoms with E-state index in [1.54, 1.807) is 35.2 Å². The smallest absolute Gasteiger partial charge is 0.266 e. The first-order valence-corrected chi connectivity index (χ1v) is 9.94. The maximum atomic E-state index is 13.4. The predicted molar refractivity (Wildman–Crippen MR) is 122 cm³/mol. The minimum Gasteiger partial charge on any atom is -0.266 e. The van der Waals surface area contributed by atoms with Gasteiger partial charge in [-0.3, -0.25) is 19.8 Å². The number of non-ortho nitro benzene ring substituents is 1. The Hall–Kier alpha value is -3.77. The second kappa shape index (κ2) is 8.16. The normalized spacial score (nSPS) is 14.8. The Kier molecular flexibility index (Phi) is 5.40. The minimum atomic E-state index is -0.463. The van der Waals surface area contributed by atoms with Crippen LogP contribution in [0.3, 0.4) is 0 Å². The van der Waals surface area contributed by atoms with Crippen molar-refractivity contribution in [3.05, 3.63) is 110 Å². The van der Waals surface area contributed by atoms with E-state index < -0.39 is 4.92 Å². The zero-order chi connectivity index (χ0) is 22.1. The molecule has 6 nitrogen and oxygen atoms in total. The first-order chi connectivity index (χ1) is 14.8. The first-order valence-electron chi connectivity index (χ1n) is 9.56. The number of hydrogen-bond acceptors (Lipinski definition) is 4. The van der Waals surface area contributed by atoms with Crippen molar-refractivity contribution in [2.75, 3.05) is 4.90 Å². The van der Waals surface area contributed by atoms with Gasteiger partial charge in [0.15, 0.2) is 0 Å². The fraction of sp³-hybridized carbons (Fsp3) is 0.0833. The van der Waals surface area contributed by atoms with Gasteiger partial charge in [0.2, 0.25) is 0 Å². The van der Waals surface area contributed by atoms with E-state index in [4.69, 9.17) is 11.6 Å². The van der Waals surface area contributed by atoms with Crippen LogP contribution in [0.25, 0.3) is 6.08 Å². The topological polar surface area (TPSA) is 75.8 Å². The molecule has 3 aromatic rings. The number of amidine groups is 1. The second-order valence-corrected chi connectivity index (χ2v) is 7.69. The molecule has 0 radical (unpaired) electrons. The molecule has 1 amide bonds. The van der Waals surface area contributed by atoms with Crippen LogP contribution in [0.4, 0.5) is 11.4 Å². The molecular weight excluding hydrogens is 414 g/mol. The van der Waals surface area contributed by atoms with Crippen LogP contribution >= 0.6 is 11.6 Å². The summed E-state index contributed by atoms with van der Waals surface area (Å²) in [6.45, 7) is 3.88. The molecule has 0 atom stereocenters. The molecule has 7 heteroatoms. The van der Waals surface area contributed by atoms with Gasteiger partial charge >= 0.3 is 0 Å². The van der Waals surface area contributed by atoms with E-state index in [0.717, 1.165) is 16.7 Å². The maximum absolute atomic E-state index is 13.4. The molecule has 0 saturated heterocycles. The predicted octanol–water partition coefficient (Wildman–Crippen LogP) is 5.70. The van der Waals surface area contributed by atoms with E-state index in [1.165, 1.54) is 12.1 Å². The highest BCUT2D eigenvalue weighted by atomic mass is 35.5. The number of benzene rings is 3. The minimum absolute atomic E-state index is 0.0139. The van der Waals surface area contributed by atoms with Crippen LogP contribution in [0.2, 0.25) is 5.02 Å². The summed E-state index contributed by atoms with van der Waals surface area (Å²) in [7, 11) is 0. The van der Waals surface area contributed by atoms with E-state index in [0.29, 0.717) is 22.1 Å². The Balaban J connectivity index is 1.83. The largest absolute Gasteiger partial charge is 0.282 e. The molecule has 31 heavy (non-hydrogen) atoms. The summed E-state index contributed by atoms with van der Waals surface area (Å²) in [5.41, 5.74) is 4.26. The molecule has 0 spiro atoms. The average molecular weight is 432 g/mol. The molecule has 3 aromatic carbocycles. The van der Waals surface area contributed by atoms with Crippen molar-refractivity contribution in [3.63, 3.8) is 0 Å². The summed E-state index contributed by atoms with van der Waals surface area (Å²) in [5, 5.41) is 11.4. The van der Waals surface area contributed by atoms with Crippen LogP contribution in [0, 0.1) is 24.0 Å². The van der Waals surface area contributed by atoms with Crippen molar-refractivity contribution >= 4 is 40.8 Å². The maximum Gasteiger partial charge on any atom is 0.282 e. The number of nitro groups is 1. The van der Waals surface area contributed by atoms with Gasteiger partial charge in [-0.2, -0.15) is 0 Å². The highest BCUT2D eigenvalue weighted by Crippen LogP contribution is 2.32. The summed E-state index contributed by atoms with van der Waals surface area (Å²) < 4.78 is 0. The van der Waals surface area contributed by atoms with Crippen molar-refractivity contribution in [3.8, 4) is 0 Å². The quantitative estimate of drug-likeness (QED) is 0.302. The Morgan fingerprint density at radius 2 is 1.77 bits per heavy atom. The number of aliphatic imine (C=N–C) groups is 1. The van der Waals surface area contributed by atoms with Crippen molar-refractivity contribution in [1.29, 1.82) is 0 Å². The van der Waals surface area contributed by atoms with Crippen LogP contribution in [0.15, 0.2) is 77.4 Å². The summed E-state index contributed by atoms with van der Waals surface area (Å²) in [4.78, 5) is 30.0. The van der Waals surface area contributed by atoms with E-state index in [9.17, 15) is 14.9 Å². The second-order valence-electron chi connectivity index (χ2n) is 7.25. The fourth-order valence-corrected chi connectivity index (χ4v) is 3.56. The molecule has 4 rings (SSSR count). The molecule has 0 bridgehead atoms. The number of anilines is 1. The average Bonchev–Trinajstić information content (AvgIpc) is 3.06. The molecule has 0 aliphatic carbocycles. The van der Waals surface area contributed by atoms with Gasteiger partial charge in [0, 0.05) is 22.7 Å². The lowest BCUT2D eigenvalue weighted by atomic mass is 10.1. The lowest BCUT2D eigenvalue weighted by molar-refractivity contribution is -0.384. The third kappa shape index (κ3) is 4.11. The molecule has 154 valence electrons. The standard InChI is InChI=1S/C24H18ClN3O3/c1-15-4-3-5-18(12-15)23-26-21(13-17-7-10-20(11-8-17)28(30)31)24(29)27(23)22-14-19(25)9-6-16(22)2/h3-14H,1-2H3. The Morgan fingerprint density at radius 3 is 2.45 bits per heavy atom. The Bertz CT molecular complexity index is 1260. The Labute approximate surface area is 184 Å². The van der Waals surface area contributed by atoms with Crippen molar-refractivity contribution < 1.29 is 9.72 Å². The molecule has 0 aromatic heterocycles. The lowest BCUT2D eigenvalue weighted by Crippen LogP contribution is -2.33. The number of carbonyl (C=O) groups excluding carboxylic acids is 1. The van der Waals surface area contributed by atoms with E-state index in [1.807, 2.05) is 44.2 Å². The van der Waals surface area contributed by atoms with Gasteiger partial charge in [0.1, 0.15) is 11.5 Å². The molecule has 0 N–H and O–H groups in total. The Morgan fingerprint density at radius 1 is 1.03 bits per heavy atom. The number of halogens is 1. The monoisotopic (exact) mass is 431 g/mol. The zero-order valence-electron chi connectivity index (χ0n) is 16.9. The van der Waals surface area contributed by atoms with Crippen molar-refractivity contribution in [2.24, 2.45) is 4.99 Å². The number of hydrogen-bond donors (Lipinski definition) is 0.